The largest absolute Gasteiger partial charge is 0.462 e. The fourth-order valence-electron chi connectivity index (χ4n) is 3.69. The summed E-state index contributed by atoms with van der Waals surface area (Å²) in [6.45, 7) is 2.44. The Morgan fingerprint density at radius 2 is 2.00 bits per heavy atom. The van der Waals surface area contributed by atoms with Gasteiger partial charge in [-0.25, -0.2) is 4.79 Å². The van der Waals surface area contributed by atoms with Crippen molar-refractivity contribution in [1.82, 2.24) is 0 Å². The van der Waals surface area contributed by atoms with Crippen molar-refractivity contribution in [3.8, 4) is 22.5 Å². The van der Waals surface area contributed by atoms with Crippen LogP contribution in [0.2, 0.25) is 0 Å². The van der Waals surface area contributed by atoms with E-state index in [4.69, 9.17) is 20.3 Å². The SMILES string of the molecule is CCCCOC(=O)c1ccccc1-c1c2ccc(=N)c(Br)c-2oc2c1C=CC(N)C2Br. The molecular formula is C24H22Br2N2O3. The number of nitrogens with one attached hydrogen (secondary N) is 1. The lowest BCUT2D eigenvalue weighted by Crippen LogP contribution is -2.25. The Bertz CT molecular complexity index is 1200. The summed E-state index contributed by atoms with van der Waals surface area (Å²) in [5.41, 5.74) is 9.98. The number of halogens is 2. The average molecular weight is 546 g/mol. The Morgan fingerprint density at radius 3 is 2.77 bits per heavy atom. The number of fused-ring (bicyclic) bond motifs is 2. The number of hydrogen-bond acceptors (Lipinski definition) is 5. The zero-order chi connectivity index (χ0) is 22.1. The second-order valence-corrected chi connectivity index (χ2v) is 9.21. The fourth-order valence-corrected chi connectivity index (χ4v) is 4.64. The molecule has 31 heavy (non-hydrogen) atoms. The van der Waals surface area contributed by atoms with Gasteiger partial charge in [-0.2, -0.15) is 0 Å². The van der Waals surface area contributed by atoms with Crippen LogP contribution >= 0.6 is 31.9 Å². The molecule has 2 atom stereocenters. The van der Waals surface area contributed by atoms with Gasteiger partial charge in [-0.05, 0) is 46.1 Å². The minimum atomic E-state index is -0.352. The number of benzene rings is 2. The normalized spacial score (nSPS) is 17.5. The third-order valence-corrected chi connectivity index (χ3v) is 7.15. The molecule has 7 heteroatoms. The number of hydrogen-bond donors (Lipinski definition) is 2. The predicted molar refractivity (Wildman–Crippen MR) is 128 cm³/mol. The number of carbonyl (C=O) groups is 1. The van der Waals surface area contributed by atoms with Gasteiger partial charge >= 0.3 is 5.97 Å². The summed E-state index contributed by atoms with van der Waals surface area (Å²) in [5, 5.41) is 8.50. The molecule has 0 saturated carbocycles. The van der Waals surface area contributed by atoms with E-state index in [1.165, 1.54) is 0 Å². The molecule has 0 radical (unpaired) electrons. The van der Waals surface area contributed by atoms with Gasteiger partial charge in [0.2, 0.25) is 0 Å². The molecule has 3 N–H and O–H groups in total. The van der Waals surface area contributed by atoms with Gasteiger partial charge in [0, 0.05) is 22.7 Å². The lowest BCUT2D eigenvalue weighted by atomic mass is 9.86. The summed E-state index contributed by atoms with van der Waals surface area (Å²) >= 11 is 7.16. The van der Waals surface area contributed by atoms with E-state index < -0.39 is 0 Å². The van der Waals surface area contributed by atoms with Gasteiger partial charge < -0.3 is 14.9 Å². The molecular weight excluding hydrogens is 524 g/mol. The number of nitrogens with two attached hydrogens (primary N) is 1. The minimum Gasteiger partial charge on any atom is -0.462 e. The summed E-state index contributed by atoms with van der Waals surface area (Å²) < 4.78 is 12.3. The molecule has 1 aromatic carbocycles. The van der Waals surface area contributed by atoms with Crippen molar-refractivity contribution in [3.63, 3.8) is 0 Å². The van der Waals surface area contributed by atoms with Gasteiger partial charge in [-0.1, -0.05) is 59.6 Å². The van der Waals surface area contributed by atoms with E-state index in [-0.39, 0.29) is 16.8 Å². The first kappa shape index (κ1) is 22.0. The highest BCUT2D eigenvalue weighted by atomic mass is 79.9. The molecule has 0 bridgehead atoms. The van der Waals surface area contributed by atoms with E-state index in [0.717, 1.165) is 35.1 Å². The van der Waals surface area contributed by atoms with E-state index in [1.54, 1.807) is 12.1 Å². The highest BCUT2D eigenvalue weighted by Crippen LogP contribution is 2.47. The number of unbranched alkanes of at least 4 members (excludes halogenated alkanes) is 1. The van der Waals surface area contributed by atoms with Gasteiger partial charge in [0.05, 0.1) is 26.8 Å². The quantitative estimate of drug-likeness (QED) is 0.232. The van der Waals surface area contributed by atoms with Crippen molar-refractivity contribution in [2.75, 3.05) is 6.61 Å². The molecule has 1 heterocycles. The van der Waals surface area contributed by atoms with Gasteiger partial charge in [0.25, 0.3) is 0 Å². The monoisotopic (exact) mass is 544 g/mol. The Morgan fingerprint density at radius 1 is 1.23 bits per heavy atom. The van der Waals surface area contributed by atoms with Crippen LogP contribution in [0, 0.1) is 5.41 Å². The molecule has 0 spiro atoms. The number of carbonyl (C=O) groups excluding carboxylic acids is 1. The number of esters is 1. The molecule has 5 nitrogen and oxygen atoms in total. The summed E-state index contributed by atoms with van der Waals surface area (Å²) in [6, 6.07) is 10.7. The standard InChI is InChI=1S/C24H22Br2N2O3/c1-2-3-12-30-24(29)14-7-5-4-6-13(14)19-15-8-10-17(27)20(25)22(15)31-23-16(19)9-11-18(28)21(23)26/h4-11,17,20,28H,2-3,12,27H2,1H3. The Balaban J connectivity index is 2.00. The predicted octanol–water partition coefficient (Wildman–Crippen LogP) is 6.04. The minimum absolute atomic E-state index is 0.236. The lowest BCUT2D eigenvalue weighted by Gasteiger charge is -2.27. The average Bonchev–Trinajstić information content (AvgIpc) is 2.78. The van der Waals surface area contributed by atoms with Crippen LogP contribution in [-0.4, -0.2) is 18.6 Å². The molecule has 1 aromatic rings. The van der Waals surface area contributed by atoms with E-state index in [1.807, 2.05) is 36.4 Å². The Hall–Kier alpha value is -2.22. The van der Waals surface area contributed by atoms with Crippen LogP contribution in [0.1, 0.15) is 46.3 Å². The van der Waals surface area contributed by atoms with E-state index in [0.29, 0.717) is 33.5 Å². The van der Waals surface area contributed by atoms with Crippen molar-refractivity contribution >= 4 is 43.9 Å². The lowest BCUT2D eigenvalue weighted by molar-refractivity contribution is 0.0500. The van der Waals surface area contributed by atoms with Crippen LogP contribution in [0.15, 0.2) is 51.4 Å². The summed E-state index contributed by atoms with van der Waals surface area (Å²) in [5.74, 6) is 0.857. The van der Waals surface area contributed by atoms with Crippen molar-refractivity contribution in [2.45, 2.75) is 30.6 Å². The maximum atomic E-state index is 12.9. The molecule has 160 valence electrons. The number of alkyl halides is 1. The zero-order valence-corrected chi connectivity index (χ0v) is 20.1. The van der Waals surface area contributed by atoms with Crippen LogP contribution in [0.5, 0.6) is 0 Å². The topological polar surface area (TPSA) is 89.3 Å². The number of ether oxygens (including phenoxy) is 1. The second kappa shape index (κ2) is 9.10. The summed E-state index contributed by atoms with van der Waals surface area (Å²) in [6.07, 6.45) is 5.64. The molecule has 1 aliphatic heterocycles. The molecule has 0 aromatic heterocycles. The third-order valence-electron chi connectivity index (χ3n) is 5.33. The van der Waals surface area contributed by atoms with Gasteiger partial charge in [-0.3, -0.25) is 5.41 Å². The molecule has 2 aliphatic carbocycles. The second-order valence-electron chi connectivity index (χ2n) is 7.43. The first-order valence-electron chi connectivity index (χ1n) is 10.1. The molecule has 0 fully saturated rings. The van der Waals surface area contributed by atoms with Gasteiger partial charge in [0.15, 0.2) is 5.76 Å². The van der Waals surface area contributed by atoms with Crippen LogP contribution in [0.3, 0.4) is 0 Å². The van der Waals surface area contributed by atoms with Crippen molar-refractivity contribution in [1.29, 1.82) is 5.41 Å². The van der Waals surface area contributed by atoms with E-state index >= 15 is 0 Å². The van der Waals surface area contributed by atoms with Gasteiger partial charge in [-0.15, -0.1) is 0 Å². The Kier molecular flexibility index (Phi) is 6.46. The molecule has 0 amide bonds. The summed E-state index contributed by atoms with van der Waals surface area (Å²) in [7, 11) is 0. The van der Waals surface area contributed by atoms with Crippen LogP contribution in [-0.2, 0) is 4.74 Å². The van der Waals surface area contributed by atoms with E-state index in [2.05, 4.69) is 38.8 Å². The molecule has 2 unspecified atom stereocenters. The van der Waals surface area contributed by atoms with Crippen LogP contribution in [0.4, 0.5) is 0 Å². The maximum absolute atomic E-state index is 12.9. The third kappa shape index (κ3) is 4.02. The highest BCUT2D eigenvalue weighted by molar-refractivity contribution is 9.10. The highest BCUT2D eigenvalue weighted by Gasteiger charge is 2.31. The van der Waals surface area contributed by atoms with E-state index in [9.17, 15) is 4.79 Å². The van der Waals surface area contributed by atoms with Crippen LogP contribution in [0.25, 0.3) is 28.5 Å². The zero-order valence-electron chi connectivity index (χ0n) is 17.0. The number of rotatable bonds is 5. The van der Waals surface area contributed by atoms with Crippen molar-refractivity contribution in [2.24, 2.45) is 5.73 Å². The fraction of sp³-hybridized carbons (Fsp3) is 0.250. The Labute approximate surface area is 197 Å². The van der Waals surface area contributed by atoms with Crippen molar-refractivity contribution in [3.05, 3.63) is 69.2 Å². The molecule has 3 aliphatic rings. The first-order chi connectivity index (χ1) is 14.9. The van der Waals surface area contributed by atoms with Crippen molar-refractivity contribution < 1.29 is 13.9 Å². The summed E-state index contributed by atoms with van der Waals surface area (Å²) in [4.78, 5) is 12.7. The smallest absolute Gasteiger partial charge is 0.338 e. The molecule has 4 rings (SSSR count). The van der Waals surface area contributed by atoms with Crippen LogP contribution < -0.4 is 11.1 Å². The maximum Gasteiger partial charge on any atom is 0.338 e. The molecule has 0 saturated heterocycles. The van der Waals surface area contributed by atoms with Gasteiger partial charge in [0.1, 0.15) is 5.76 Å². The first-order valence-corrected chi connectivity index (χ1v) is 11.8.